The zero-order chi connectivity index (χ0) is 15.5. The average Bonchev–Trinajstić information content (AvgIpc) is 2.83. The maximum Gasteiger partial charge on any atom is 0.412 e. The Bertz CT molecular complexity index is 505. The number of carbonyl (C=O) groups is 1. The fraction of sp³-hybridized carbons (Fsp3) is 0.562. The monoisotopic (exact) mass is 294 g/mol. The Morgan fingerprint density at radius 2 is 2.24 bits per heavy atom. The lowest BCUT2D eigenvalue weighted by Crippen LogP contribution is -2.28. The Kier molecular flexibility index (Phi) is 4.83. The SMILES string of the molecule is CC(C)(C)OC(=O)Nc1ccc(F)cc1CC1CCCN1. The Labute approximate surface area is 125 Å². The van der Waals surface area contributed by atoms with Crippen LogP contribution in [0.4, 0.5) is 14.9 Å². The Morgan fingerprint density at radius 3 is 2.86 bits per heavy atom. The first kappa shape index (κ1) is 15.8. The van der Waals surface area contributed by atoms with Crippen LogP contribution in [0.3, 0.4) is 0 Å². The van der Waals surface area contributed by atoms with Crippen molar-refractivity contribution in [2.75, 3.05) is 11.9 Å². The first-order chi connectivity index (χ1) is 9.83. The molecule has 0 aliphatic carbocycles. The van der Waals surface area contributed by atoms with Crippen LogP contribution in [0.25, 0.3) is 0 Å². The van der Waals surface area contributed by atoms with E-state index in [1.165, 1.54) is 12.1 Å². The Morgan fingerprint density at radius 1 is 1.48 bits per heavy atom. The molecule has 0 radical (unpaired) electrons. The van der Waals surface area contributed by atoms with Crippen LogP contribution in [0, 0.1) is 5.82 Å². The Balaban J connectivity index is 2.08. The second kappa shape index (κ2) is 6.43. The summed E-state index contributed by atoms with van der Waals surface area (Å²) in [6.45, 7) is 6.41. The summed E-state index contributed by atoms with van der Waals surface area (Å²) >= 11 is 0. The molecule has 1 amide bonds. The summed E-state index contributed by atoms with van der Waals surface area (Å²) in [5.74, 6) is -0.294. The van der Waals surface area contributed by atoms with Gasteiger partial charge in [0.05, 0.1) is 0 Å². The van der Waals surface area contributed by atoms with Gasteiger partial charge >= 0.3 is 6.09 Å². The molecule has 0 saturated carbocycles. The van der Waals surface area contributed by atoms with E-state index in [1.807, 2.05) is 0 Å². The fourth-order valence-electron chi connectivity index (χ4n) is 2.46. The van der Waals surface area contributed by atoms with Crippen LogP contribution < -0.4 is 10.6 Å². The third-order valence-electron chi connectivity index (χ3n) is 3.33. The van der Waals surface area contributed by atoms with Gasteiger partial charge in [-0.2, -0.15) is 0 Å². The molecule has 1 saturated heterocycles. The van der Waals surface area contributed by atoms with Gasteiger partial charge in [-0.15, -0.1) is 0 Å². The molecule has 4 nitrogen and oxygen atoms in total. The van der Waals surface area contributed by atoms with Gasteiger partial charge in [0.1, 0.15) is 11.4 Å². The maximum atomic E-state index is 13.5. The van der Waals surface area contributed by atoms with E-state index in [9.17, 15) is 9.18 Å². The number of hydrogen-bond acceptors (Lipinski definition) is 3. The molecule has 0 bridgehead atoms. The molecule has 1 heterocycles. The van der Waals surface area contributed by atoms with Crippen molar-refractivity contribution in [1.82, 2.24) is 5.32 Å². The topological polar surface area (TPSA) is 50.4 Å². The van der Waals surface area contributed by atoms with E-state index in [4.69, 9.17) is 4.74 Å². The fourth-order valence-corrected chi connectivity index (χ4v) is 2.46. The molecule has 0 aromatic heterocycles. The molecular weight excluding hydrogens is 271 g/mol. The van der Waals surface area contributed by atoms with Gasteiger partial charge in [-0.05, 0) is 70.3 Å². The minimum absolute atomic E-state index is 0.294. The average molecular weight is 294 g/mol. The number of anilines is 1. The molecule has 1 aliphatic heterocycles. The summed E-state index contributed by atoms with van der Waals surface area (Å²) in [6.07, 6.45) is 2.38. The number of carbonyl (C=O) groups excluding carboxylic acids is 1. The minimum Gasteiger partial charge on any atom is -0.444 e. The van der Waals surface area contributed by atoms with E-state index in [2.05, 4.69) is 10.6 Å². The lowest BCUT2D eigenvalue weighted by molar-refractivity contribution is 0.0635. The zero-order valence-corrected chi connectivity index (χ0v) is 12.8. The van der Waals surface area contributed by atoms with Gasteiger partial charge in [0.2, 0.25) is 0 Å². The molecule has 1 aliphatic rings. The van der Waals surface area contributed by atoms with Gasteiger partial charge in [-0.1, -0.05) is 0 Å². The molecule has 1 fully saturated rings. The van der Waals surface area contributed by atoms with Gasteiger partial charge in [-0.25, -0.2) is 9.18 Å². The maximum absolute atomic E-state index is 13.5. The summed E-state index contributed by atoms with van der Waals surface area (Å²) in [6, 6.07) is 4.75. The van der Waals surface area contributed by atoms with Crippen molar-refractivity contribution in [2.45, 2.75) is 51.7 Å². The first-order valence-electron chi connectivity index (χ1n) is 7.35. The van der Waals surface area contributed by atoms with Gasteiger partial charge in [0.25, 0.3) is 0 Å². The van der Waals surface area contributed by atoms with Crippen LogP contribution in [-0.2, 0) is 11.2 Å². The van der Waals surface area contributed by atoms with Crippen LogP contribution in [-0.4, -0.2) is 24.3 Å². The van der Waals surface area contributed by atoms with Gasteiger partial charge in [0.15, 0.2) is 0 Å². The number of hydrogen-bond donors (Lipinski definition) is 2. The van der Waals surface area contributed by atoms with E-state index >= 15 is 0 Å². The smallest absolute Gasteiger partial charge is 0.412 e. The molecule has 21 heavy (non-hydrogen) atoms. The third-order valence-corrected chi connectivity index (χ3v) is 3.33. The van der Waals surface area contributed by atoms with Crippen molar-refractivity contribution in [3.63, 3.8) is 0 Å². The lowest BCUT2D eigenvalue weighted by atomic mass is 10.0. The molecular formula is C16H23FN2O2. The molecule has 1 aromatic carbocycles. The van der Waals surface area contributed by atoms with E-state index in [1.54, 1.807) is 26.8 Å². The number of amides is 1. The number of halogens is 1. The van der Waals surface area contributed by atoms with Crippen molar-refractivity contribution in [1.29, 1.82) is 0 Å². The Hall–Kier alpha value is -1.62. The van der Waals surface area contributed by atoms with Gasteiger partial charge in [-0.3, -0.25) is 5.32 Å². The summed E-state index contributed by atoms with van der Waals surface area (Å²) in [7, 11) is 0. The summed E-state index contributed by atoms with van der Waals surface area (Å²) in [5.41, 5.74) is 0.844. The van der Waals surface area contributed by atoms with Crippen LogP contribution in [0.2, 0.25) is 0 Å². The van der Waals surface area contributed by atoms with Crippen molar-refractivity contribution >= 4 is 11.8 Å². The number of nitrogens with one attached hydrogen (secondary N) is 2. The number of rotatable bonds is 3. The van der Waals surface area contributed by atoms with Crippen molar-refractivity contribution in [3.8, 4) is 0 Å². The molecule has 116 valence electrons. The summed E-state index contributed by atoms with van der Waals surface area (Å²) in [5, 5.41) is 6.09. The largest absolute Gasteiger partial charge is 0.444 e. The second-order valence-corrected chi connectivity index (χ2v) is 6.43. The number of ether oxygens (including phenoxy) is 1. The molecule has 5 heteroatoms. The number of benzene rings is 1. The quantitative estimate of drug-likeness (QED) is 0.897. The van der Waals surface area contributed by atoms with Crippen LogP contribution in [0.5, 0.6) is 0 Å². The first-order valence-corrected chi connectivity index (χ1v) is 7.35. The lowest BCUT2D eigenvalue weighted by Gasteiger charge is -2.21. The molecule has 2 rings (SSSR count). The molecule has 2 N–H and O–H groups in total. The van der Waals surface area contributed by atoms with Crippen molar-refractivity contribution in [2.24, 2.45) is 0 Å². The molecule has 1 unspecified atom stereocenters. The van der Waals surface area contributed by atoms with Crippen LogP contribution >= 0.6 is 0 Å². The highest BCUT2D eigenvalue weighted by Crippen LogP contribution is 2.22. The summed E-state index contributed by atoms with van der Waals surface area (Å²) < 4.78 is 18.7. The zero-order valence-electron chi connectivity index (χ0n) is 12.8. The highest BCUT2D eigenvalue weighted by molar-refractivity contribution is 5.86. The van der Waals surface area contributed by atoms with Crippen LogP contribution in [0.1, 0.15) is 39.2 Å². The molecule has 1 aromatic rings. The molecule has 1 atom stereocenters. The normalized spacial score (nSPS) is 18.6. The van der Waals surface area contributed by atoms with Gasteiger partial charge < -0.3 is 10.1 Å². The van der Waals surface area contributed by atoms with E-state index in [0.29, 0.717) is 18.2 Å². The minimum atomic E-state index is -0.558. The van der Waals surface area contributed by atoms with Crippen molar-refractivity contribution in [3.05, 3.63) is 29.6 Å². The predicted octanol–water partition coefficient (Wildman–Crippen LogP) is 3.47. The third kappa shape index (κ3) is 5.01. The summed E-state index contributed by atoms with van der Waals surface area (Å²) in [4.78, 5) is 11.9. The van der Waals surface area contributed by atoms with Gasteiger partial charge in [0, 0.05) is 11.7 Å². The second-order valence-electron chi connectivity index (χ2n) is 6.43. The van der Waals surface area contributed by atoms with Crippen LogP contribution in [0.15, 0.2) is 18.2 Å². The van der Waals surface area contributed by atoms with E-state index < -0.39 is 11.7 Å². The van der Waals surface area contributed by atoms with Crippen molar-refractivity contribution < 1.29 is 13.9 Å². The highest BCUT2D eigenvalue weighted by atomic mass is 19.1. The standard InChI is InChI=1S/C16H23FN2O2/c1-16(2,3)21-15(20)19-14-7-6-12(17)9-11(14)10-13-5-4-8-18-13/h6-7,9,13,18H,4-5,8,10H2,1-3H3,(H,19,20). The highest BCUT2D eigenvalue weighted by Gasteiger charge is 2.20. The van der Waals surface area contributed by atoms with E-state index in [0.717, 1.165) is 24.9 Å². The van der Waals surface area contributed by atoms with E-state index in [-0.39, 0.29) is 5.82 Å². The predicted molar refractivity (Wildman–Crippen MR) is 81.0 cm³/mol. The molecule has 0 spiro atoms.